The SMILES string of the molecule is CCc1ccc(S(=O)(=O)Nc2ccc3c(c2)CCCN3S(=O)(=O)CC)s1. The molecule has 9 heteroatoms. The zero-order valence-electron chi connectivity index (χ0n) is 14.7. The van der Waals surface area contributed by atoms with Gasteiger partial charge in [0.05, 0.1) is 11.4 Å². The molecule has 3 rings (SSSR count). The average molecular weight is 415 g/mol. The summed E-state index contributed by atoms with van der Waals surface area (Å²) in [4.78, 5) is 1.01. The first-order chi connectivity index (χ1) is 12.3. The number of rotatable bonds is 6. The molecule has 0 radical (unpaired) electrons. The molecule has 0 saturated heterocycles. The second kappa shape index (κ2) is 7.21. The lowest BCUT2D eigenvalue weighted by atomic mass is 10.0. The van der Waals surface area contributed by atoms with Crippen LogP contribution in [0.15, 0.2) is 34.5 Å². The number of benzene rings is 1. The fraction of sp³-hybridized carbons (Fsp3) is 0.412. The number of sulfonamides is 2. The molecule has 0 atom stereocenters. The first kappa shape index (κ1) is 19.2. The molecule has 0 fully saturated rings. The summed E-state index contributed by atoms with van der Waals surface area (Å²) >= 11 is 1.26. The Morgan fingerprint density at radius 1 is 1.12 bits per heavy atom. The van der Waals surface area contributed by atoms with E-state index in [4.69, 9.17) is 0 Å². The molecule has 1 aliphatic heterocycles. The van der Waals surface area contributed by atoms with Crippen molar-refractivity contribution in [2.75, 3.05) is 21.3 Å². The van der Waals surface area contributed by atoms with Gasteiger partial charge in [0.2, 0.25) is 10.0 Å². The molecule has 2 heterocycles. The molecule has 0 aliphatic carbocycles. The van der Waals surface area contributed by atoms with Gasteiger partial charge in [0.25, 0.3) is 10.0 Å². The molecule has 26 heavy (non-hydrogen) atoms. The Morgan fingerprint density at radius 3 is 2.54 bits per heavy atom. The third-order valence-corrected chi connectivity index (χ3v) is 9.24. The van der Waals surface area contributed by atoms with Gasteiger partial charge >= 0.3 is 0 Å². The highest BCUT2D eigenvalue weighted by atomic mass is 32.2. The molecular weight excluding hydrogens is 392 g/mol. The van der Waals surface area contributed by atoms with Crippen molar-refractivity contribution in [1.29, 1.82) is 0 Å². The molecule has 1 N–H and O–H groups in total. The van der Waals surface area contributed by atoms with Crippen LogP contribution < -0.4 is 9.03 Å². The van der Waals surface area contributed by atoms with Gasteiger partial charge in [-0.3, -0.25) is 9.03 Å². The van der Waals surface area contributed by atoms with Crippen LogP contribution in [0.3, 0.4) is 0 Å². The van der Waals surface area contributed by atoms with E-state index in [0.717, 1.165) is 23.3 Å². The Morgan fingerprint density at radius 2 is 1.88 bits per heavy atom. The topological polar surface area (TPSA) is 83.6 Å². The summed E-state index contributed by atoms with van der Waals surface area (Å²) in [5.41, 5.74) is 1.94. The van der Waals surface area contributed by atoms with Crippen LogP contribution in [0.25, 0.3) is 0 Å². The molecule has 1 aliphatic rings. The molecule has 0 amide bonds. The van der Waals surface area contributed by atoms with Gasteiger partial charge in [-0.15, -0.1) is 11.3 Å². The lowest BCUT2D eigenvalue weighted by molar-refractivity contribution is 0.587. The van der Waals surface area contributed by atoms with Gasteiger partial charge in [0.1, 0.15) is 4.21 Å². The molecule has 2 aromatic rings. The molecule has 1 aromatic carbocycles. The van der Waals surface area contributed by atoms with Gasteiger partial charge in [-0.05, 0) is 62.1 Å². The van der Waals surface area contributed by atoms with Crippen LogP contribution in [0.1, 0.15) is 30.7 Å². The van der Waals surface area contributed by atoms with Gasteiger partial charge in [-0.2, -0.15) is 0 Å². The predicted octanol–water partition coefficient (Wildman–Crippen LogP) is 3.21. The summed E-state index contributed by atoms with van der Waals surface area (Å²) in [6, 6.07) is 8.47. The van der Waals surface area contributed by atoms with Crippen molar-refractivity contribution in [2.24, 2.45) is 0 Å². The molecule has 0 saturated carbocycles. The van der Waals surface area contributed by atoms with Crippen LogP contribution in [-0.4, -0.2) is 29.1 Å². The lowest BCUT2D eigenvalue weighted by Gasteiger charge is -2.30. The number of nitrogens with zero attached hydrogens (tertiary/aromatic N) is 1. The number of aryl methyl sites for hydroxylation is 2. The minimum Gasteiger partial charge on any atom is -0.279 e. The van der Waals surface area contributed by atoms with Gasteiger partial charge in [-0.1, -0.05) is 6.92 Å². The number of fused-ring (bicyclic) bond motifs is 1. The Hall–Kier alpha value is -1.58. The van der Waals surface area contributed by atoms with E-state index in [9.17, 15) is 16.8 Å². The smallest absolute Gasteiger partial charge is 0.271 e. The van der Waals surface area contributed by atoms with Crippen molar-refractivity contribution in [3.05, 3.63) is 40.8 Å². The Kier molecular flexibility index (Phi) is 5.32. The highest BCUT2D eigenvalue weighted by molar-refractivity contribution is 7.94. The normalized spacial score (nSPS) is 14.9. The van der Waals surface area contributed by atoms with Crippen LogP contribution in [-0.2, 0) is 32.9 Å². The maximum absolute atomic E-state index is 12.6. The Labute approximate surface area is 159 Å². The summed E-state index contributed by atoms with van der Waals surface area (Å²) in [6.45, 7) is 4.07. The monoisotopic (exact) mass is 414 g/mol. The van der Waals surface area contributed by atoms with Gasteiger partial charge in [0, 0.05) is 17.1 Å². The van der Waals surface area contributed by atoms with Crippen LogP contribution >= 0.6 is 11.3 Å². The Bertz CT molecular complexity index is 1010. The lowest BCUT2D eigenvalue weighted by Crippen LogP contribution is -2.36. The summed E-state index contributed by atoms with van der Waals surface area (Å²) in [5, 5.41) is 0. The summed E-state index contributed by atoms with van der Waals surface area (Å²) < 4.78 is 54.0. The van der Waals surface area contributed by atoms with Crippen LogP contribution in [0, 0.1) is 0 Å². The summed E-state index contributed by atoms with van der Waals surface area (Å²) in [6.07, 6.45) is 2.23. The standard InChI is InChI=1S/C17H22N2O4S3/c1-3-15-8-10-17(24-15)26(22,23)18-14-7-9-16-13(12-14)6-5-11-19(16)25(20,21)4-2/h7-10,12,18H,3-6,11H2,1-2H3. The second-order valence-electron chi connectivity index (χ2n) is 6.10. The van der Waals surface area contributed by atoms with Crippen molar-refractivity contribution in [1.82, 2.24) is 0 Å². The van der Waals surface area contributed by atoms with E-state index >= 15 is 0 Å². The van der Waals surface area contributed by atoms with Crippen molar-refractivity contribution in [2.45, 2.75) is 37.3 Å². The van der Waals surface area contributed by atoms with E-state index in [1.807, 2.05) is 13.0 Å². The molecule has 0 bridgehead atoms. The first-order valence-corrected chi connectivity index (χ1v) is 12.4. The number of anilines is 2. The van der Waals surface area contributed by atoms with Crippen LogP contribution in [0.5, 0.6) is 0 Å². The molecule has 1 aromatic heterocycles. The average Bonchev–Trinajstić information content (AvgIpc) is 3.11. The number of nitrogens with one attached hydrogen (secondary N) is 1. The van der Waals surface area contributed by atoms with Crippen molar-refractivity contribution < 1.29 is 16.8 Å². The number of hydrogen-bond donors (Lipinski definition) is 1. The molecule has 0 spiro atoms. The van der Waals surface area contributed by atoms with E-state index in [1.165, 1.54) is 15.6 Å². The van der Waals surface area contributed by atoms with E-state index in [2.05, 4.69) is 4.72 Å². The number of thiophene rings is 1. The van der Waals surface area contributed by atoms with Crippen molar-refractivity contribution in [3.63, 3.8) is 0 Å². The maximum atomic E-state index is 12.6. The maximum Gasteiger partial charge on any atom is 0.271 e. The number of hydrogen-bond acceptors (Lipinski definition) is 5. The zero-order chi connectivity index (χ0) is 18.9. The van der Waals surface area contributed by atoms with Gasteiger partial charge in [0.15, 0.2) is 0 Å². The summed E-state index contributed by atoms with van der Waals surface area (Å²) in [7, 11) is -6.97. The molecule has 142 valence electrons. The third-order valence-electron chi connectivity index (χ3n) is 4.36. The van der Waals surface area contributed by atoms with E-state index in [1.54, 1.807) is 31.2 Å². The van der Waals surface area contributed by atoms with Crippen LogP contribution in [0.2, 0.25) is 0 Å². The van der Waals surface area contributed by atoms with Gasteiger partial charge in [-0.25, -0.2) is 16.8 Å². The second-order valence-corrected chi connectivity index (χ2v) is 11.4. The van der Waals surface area contributed by atoms with E-state index in [0.29, 0.717) is 24.3 Å². The molecule has 6 nitrogen and oxygen atoms in total. The largest absolute Gasteiger partial charge is 0.279 e. The molecule has 0 unspecified atom stereocenters. The van der Waals surface area contributed by atoms with Gasteiger partial charge < -0.3 is 0 Å². The minimum atomic E-state index is -3.64. The Balaban J connectivity index is 1.89. The first-order valence-electron chi connectivity index (χ1n) is 8.51. The summed E-state index contributed by atoms with van der Waals surface area (Å²) in [5.74, 6) is 0.0406. The van der Waals surface area contributed by atoms with E-state index in [-0.39, 0.29) is 9.96 Å². The van der Waals surface area contributed by atoms with Crippen LogP contribution in [0.4, 0.5) is 11.4 Å². The predicted molar refractivity (Wildman–Crippen MR) is 106 cm³/mol. The fourth-order valence-corrected chi connectivity index (χ4v) is 6.51. The fourth-order valence-electron chi connectivity index (χ4n) is 2.97. The van der Waals surface area contributed by atoms with Crippen molar-refractivity contribution in [3.8, 4) is 0 Å². The highest BCUT2D eigenvalue weighted by Gasteiger charge is 2.26. The van der Waals surface area contributed by atoms with E-state index < -0.39 is 20.0 Å². The zero-order valence-corrected chi connectivity index (χ0v) is 17.2. The molecular formula is C17H22N2O4S3. The quantitative estimate of drug-likeness (QED) is 0.787. The van der Waals surface area contributed by atoms with Crippen molar-refractivity contribution >= 4 is 42.8 Å². The minimum absolute atomic E-state index is 0.0406. The third kappa shape index (κ3) is 3.74. The highest BCUT2D eigenvalue weighted by Crippen LogP contribution is 2.33.